The zero-order chi connectivity index (χ0) is 13.1. The van der Waals surface area contributed by atoms with Crippen LogP contribution in [0.2, 0.25) is 0 Å². The molecule has 1 atom stereocenters. The number of cyclic esters (lactones) is 1. The van der Waals surface area contributed by atoms with Crippen LogP contribution in [0.5, 0.6) is 0 Å². The zero-order valence-electron chi connectivity index (χ0n) is 10.4. The maximum absolute atomic E-state index is 11.8. The van der Waals surface area contributed by atoms with E-state index in [0.29, 0.717) is 17.9 Å². The average Bonchev–Trinajstić information content (AvgIpc) is 2.50. The first kappa shape index (κ1) is 12.4. The lowest BCUT2D eigenvalue weighted by Gasteiger charge is -2.14. The molecule has 0 fully saturated rings. The third kappa shape index (κ3) is 2.45. The number of carbonyl (C=O) groups excluding carboxylic acids is 2. The molecule has 0 saturated carbocycles. The van der Waals surface area contributed by atoms with Crippen LogP contribution in [0.1, 0.15) is 22.8 Å². The van der Waals surface area contributed by atoms with Crippen LogP contribution in [-0.2, 0) is 14.3 Å². The van der Waals surface area contributed by atoms with Crippen molar-refractivity contribution in [1.82, 2.24) is 0 Å². The Morgan fingerprint density at radius 3 is 3.06 bits per heavy atom. The lowest BCUT2D eigenvalue weighted by molar-refractivity contribution is -0.144. The van der Waals surface area contributed by atoms with Crippen molar-refractivity contribution in [2.24, 2.45) is 0 Å². The van der Waals surface area contributed by atoms with E-state index in [2.05, 4.69) is 5.32 Å². The van der Waals surface area contributed by atoms with E-state index in [0.717, 1.165) is 5.56 Å². The number of carbonyl (C=O) groups is 2. The minimum atomic E-state index is -0.655. The fraction of sp³-hybridized carbons (Fsp3) is 0.385. The molecular formula is C13H15NO4. The molecule has 0 saturated heterocycles. The largest absolute Gasteiger partial charge is 0.464 e. The summed E-state index contributed by atoms with van der Waals surface area (Å²) in [6.45, 7) is 3.90. The zero-order valence-corrected chi connectivity index (χ0v) is 10.4. The Kier molecular flexibility index (Phi) is 3.50. The molecule has 1 heterocycles. The SMILES string of the molecule is CCOC(=O)C1COC(=O)c2cc(C)ccc2N1. The monoisotopic (exact) mass is 249 g/mol. The summed E-state index contributed by atoms with van der Waals surface area (Å²) >= 11 is 0. The number of esters is 2. The fourth-order valence-corrected chi connectivity index (χ4v) is 1.79. The maximum Gasteiger partial charge on any atom is 0.340 e. The molecule has 5 nitrogen and oxygen atoms in total. The van der Waals surface area contributed by atoms with Gasteiger partial charge >= 0.3 is 11.9 Å². The van der Waals surface area contributed by atoms with Crippen molar-refractivity contribution in [2.75, 3.05) is 18.5 Å². The fourth-order valence-electron chi connectivity index (χ4n) is 1.79. The van der Waals surface area contributed by atoms with Gasteiger partial charge in [0, 0.05) is 5.69 Å². The van der Waals surface area contributed by atoms with Crippen molar-refractivity contribution < 1.29 is 19.1 Å². The second kappa shape index (κ2) is 5.08. The lowest BCUT2D eigenvalue weighted by Crippen LogP contribution is -2.34. The predicted octanol–water partition coefficient (Wildman–Crippen LogP) is 1.51. The number of rotatable bonds is 2. The van der Waals surface area contributed by atoms with Crippen LogP contribution in [0.15, 0.2) is 18.2 Å². The maximum atomic E-state index is 11.8. The molecule has 1 aliphatic rings. The van der Waals surface area contributed by atoms with Crippen LogP contribution in [0.3, 0.4) is 0 Å². The first-order chi connectivity index (χ1) is 8.61. The molecular weight excluding hydrogens is 234 g/mol. The van der Waals surface area contributed by atoms with Gasteiger partial charge in [-0.05, 0) is 26.0 Å². The Hall–Kier alpha value is -2.04. The minimum absolute atomic E-state index is 0.0224. The van der Waals surface area contributed by atoms with Crippen LogP contribution in [0, 0.1) is 6.92 Å². The number of anilines is 1. The molecule has 1 aliphatic heterocycles. The van der Waals surface area contributed by atoms with Gasteiger partial charge in [0.15, 0.2) is 6.04 Å². The van der Waals surface area contributed by atoms with E-state index in [1.807, 2.05) is 13.0 Å². The van der Waals surface area contributed by atoms with Gasteiger partial charge < -0.3 is 14.8 Å². The molecule has 0 aromatic heterocycles. The summed E-state index contributed by atoms with van der Waals surface area (Å²) < 4.78 is 9.98. The van der Waals surface area contributed by atoms with Crippen molar-refractivity contribution in [1.29, 1.82) is 0 Å². The molecule has 1 aromatic carbocycles. The summed E-state index contributed by atoms with van der Waals surface area (Å²) in [6.07, 6.45) is 0. The number of fused-ring (bicyclic) bond motifs is 1. The number of benzene rings is 1. The lowest BCUT2D eigenvalue weighted by atomic mass is 10.1. The smallest absolute Gasteiger partial charge is 0.340 e. The first-order valence-corrected chi connectivity index (χ1v) is 5.82. The van der Waals surface area contributed by atoms with Crippen LogP contribution in [-0.4, -0.2) is 31.2 Å². The second-order valence-corrected chi connectivity index (χ2v) is 4.10. The van der Waals surface area contributed by atoms with E-state index < -0.39 is 18.0 Å². The summed E-state index contributed by atoms with van der Waals surface area (Å²) in [4.78, 5) is 23.4. The van der Waals surface area contributed by atoms with E-state index in [4.69, 9.17) is 9.47 Å². The number of ether oxygens (including phenoxy) is 2. The van der Waals surface area contributed by atoms with Crippen molar-refractivity contribution >= 4 is 17.6 Å². The Balaban J connectivity index is 2.27. The van der Waals surface area contributed by atoms with E-state index in [1.54, 1.807) is 19.1 Å². The van der Waals surface area contributed by atoms with Gasteiger partial charge in [0.25, 0.3) is 0 Å². The van der Waals surface area contributed by atoms with Crippen molar-refractivity contribution in [3.63, 3.8) is 0 Å². The Morgan fingerprint density at radius 1 is 1.56 bits per heavy atom. The number of nitrogens with one attached hydrogen (secondary N) is 1. The predicted molar refractivity (Wildman–Crippen MR) is 65.5 cm³/mol. The molecule has 1 unspecified atom stereocenters. The first-order valence-electron chi connectivity index (χ1n) is 5.82. The summed E-state index contributed by atoms with van der Waals surface area (Å²) in [5, 5.41) is 2.98. The van der Waals surface area contributed by atoms with Crippen LogP contribution >= 0.6 is 0 Å². The van der Waals surface area contributed by atoms with Crippen molar-refractivity contribution in [3.05, 3.63) is 29.3 Å². The highest BCUT2D eigenvalue weighted by atomic mass is 16.6. The van der Waals surface area contributed by atoms with Gasteiger partial charge in [-0.15, -0.1) is 0 Å². The van der Waals surface area contributed by atoms with Crippen LogP contribution in [0.25, 0.3) is 0 Å². The molecule has 0 aliphatic carbocycles. The Labute approximate surface area is 105 Å². The summed E-state index contributed by atoms with van der Waals surface area (Å²) in [7, 11) is 0. The molecule has 0 bridgehead atoms. The topological polar surface area (TPSA) is 64.6 Å². The summed E-state index contributed by atoms with van der Waals surface area (Å²) in [5.74, 6) is -0.841. The molecule has 0 amide bonds. The number of hydrogen-bond acceptors (Lipinski definition) is 5. The highest BCUT2D eigenvalue weighted by Gasteiger charge is 2.27. The summed E-state index contributed by atoms with van der Waals surface area (Å²) in [5.41, 5.74) is 2.00. The normalized spacial score (nSPS) is 18.1. The standard InChI is InChI=1S/C13H15NO4/c1-3-17-13(16)11-7-18-12(15)9-6-8(2)4-5-10(9)14-11/h4-6,11,14H,3,7H2,1-2H3. The van der Waals surface area contributed by atoms with Gasteiger partial charge in [-0.2, -0.15) is 0 Å². The molecule has 96 valence electrons. The second-order valence-electron chi connectivity index (χ2n) is 4.10. The number of aryl methyl sites for hydroxylation is 1. The molecule has 0 radical (unpaired) electrons. The molecule has 1 aromatic rings. The summed E-state index contributed by atoms with van der Waals surface area (Å²) in [6, 6.07) is 4.71. The third-order valence-electron chi connectivity index (χ3n) is 2.68. The van der Waals surface area contributed by atoms with Gasteiger partial charge in [0.05, 0.1) is 12.2 Å². The van der Waals surface area contributed by atoms with E-state index in [9.17, 15) is 9.59 Å². The highest BCUT2D eigenvalue weighted by molar-refractivity contribution is 5.98. The van der Waals surface area contributed by atoms with Crippen molar-refractivity contribution in [2.45, 2.75) is 19.9 Å². The van der Waals surface area contributed by atoms with E-state index in [-0.39, 0.29) is 6.61 Å². The van der Waals surface area contributed by atoms with Crippen molar-refractivity contribution in [3.8, 4) is 0 Å². The van der Waals surface area contributed by atoms with Crippen LogP contribution < -0.4 is 5.32 Å². The minimum Gasteiger partial charge on any atom is -0.464 e. The Morgan fingerprint density at radius 2 is 2.33 bits per heavy atom. The quantitative estimate of drug-likeness (QED) is 0.805. The molecule has 5 heteroatoms. The van der Waals surface area contributed by atoms with Gasteiger partial charge in [-0.1, -0.05) is 11.6 Å². The van der Waals surface area contributed by atoms with E-state index >= 15 is 0 Å². The molecule has 2 rings (SSSR count). The molecule has 0 spiro atoms. The van der Waals surface area contributed by atoms with Gasteiger partial charge in [-0.25, -0.2) is 9.59 Å². The van der Waals surface area contributed by atoms with Gasteiger partial charge in [0.1, 0.15) is 6.61 Å². The van der Waals surface area contributed by atoms with Crippen LogP contribution in [0.4, 0.5) is 5.69 Å². The Bertz CT molecular complexity index is 484. The third-order valence-corrected chi connectivity index (χ3v) is 2.68. The highest BCUT2D eigenvalue weighted by Crippen LogP contribution is 2.22. The molecule has 1 N–H and O–H groups in total. The average molecular weight is 249 g/mol. The number of hydrogen-bond donors (Lipinski definition) is 1. The van der Waals surface area contributed by atoms with Gasteiger partial charge in [0.2, 0.25) is 0 Å². The van der Waals surface area contributed by atoms with E-state index in [1.165, 1.54) is 0 Å². The van der Waals surface area contributed by atoms with Gasteiger partial charge in [-0.3, -0.25) is 0 Å². The molecule has 18 heavy (non-hydrogen) atoms.